The molecule has 0 aliphatic heterocycles. The van der Waals surface area contributed by atoms with Gasteiger partial charge in [-0.3, -0.25) is 4.57 Å². The van der Waals surface area contributed by atoms with Gasteiger partial charge in [0, 0.05) is 10.4 Å². The average Bonchev–Trinajstić information content (AvgIpc) is 2.41. The van der Waals surface area contributed by atoms with E-state index in [1.807, 2.05) is 39.3 Å². The van der Waals surface area contributed by atoms with Crippen LogP contribution in [0.2, 0.25) is 49.3 Å². The molecule has 0 saturated heterocycles. The number of halogens is 2. The van der Waals surface area contributed by atoms with Gasteiger partial charge in [-0.25, -0.2) is 4.98 Å². The molecule has 0 atom stereocenters. The Bertz CT molecular complexity index is 861. The molecule has 0 N–H and O–H groups in total. The van der Waals surface area contributed by atoms with Crippen LogP contribution in [0.5, 0.6) is 5.88 Å². The van der Waals surface area contributed by atoms with E-state index in [4.69, 9.17) is 36.4 Å². The van der Waals surface area contributed by atoms with E-state index < -0.39 is 24.2 Å². The quantitative estimate of drug-likeness (QED) is 0.393. The molecule has 0 fully saturated rings. The number of aromatic nitrogens is 1. The van der Waals surface area contributed by atoms with Crippen LogP contribution in [0, 0.1) is 0 Å². The van der Waals surface area contributed by atoms with Gasteiger partial charge < -0.3 is 13.2 Å². The molecule has 0 amide bonds. The smallest absolute Gasteiger partial charge is 0.347 e. The van der Waals surface area contributed by atoms with E-state index in [1.165, 1.54) is 7.11 Å². The van der Waals surface area contributed by atoms with Gasteiger partial charge in [0.15, 0.2) is 16.6 Å². The van der Waals surface area contributed by atoms with Crippen molar-refractivity contribution in [1.82, 2.24) is 4.98 Å². The van der Waals surface area contributed by atoms with Crippen molar-refractivity contribution < 1.29 is 17.7 Å². The van der Waals surface area contributed by atoms with Gasteiger partial charge in [-0.05, 0) is 57.5 Å². The Balaban J connectivity index is 2.78. The maximum absolute atomic E-state index is 13.9. The van der Waals surface area contributed by atoms with Crippen LogP contribution in [0.4, 0.5) is 0 Å². The third kappa shape index (κ3) is 5.32. The molecule has 0 aliphatic carbocycles. The summed E-state index contributed by atoms with van der Waals surface area (Å²) in [5, 5.41) is 1.79. The molecule has 2 rings (SSSR count). The normalized spacial score (nSPS) is 13.3. The minimum absolute atomic E-state index is 0.190. The summed E-state index contributed by atoms with van der Waals surface area (Å²) in [6, 6.07) is 4.98. The standard InChI is InChI=1S/C16H24Cl2NO4PSi2/c1-21-16-15(10-12-13(18)8-11(17)9-14(12)19-16)24(20,22-25(2,3)4)23-26(5,6)7/h8-10H,1-7H3. The zero-order valence-corrected chi connectivity index (χ0v) is 20.4. The van der Waals surface area contributed by atoms with Crippen molar-refractivity contribution in [2.75, 3.05) is 7.11 Å². The molecular formula is C16H24Cl2NO4PSi2. The van der Waals surface area contributed by atoms with Crippen molar-refractivity contribution in [3.63, 3.8) is 0 Å². The van der Waals surface area contributed by atoms with Gasteiger partial charge in [0.05, 0.1) is 17.6 Å². The van der Waals surface area contributed by atoms with Crippen molar-refractivity contribution in [2.24, 2.45) is 0 Å². The lowest BCUT2D eigenvalue weighted by Crippen LogP contribution is -2.33. The summed E-state index contributed by atoms with van der Waals surface area (Å²) in [5.74, 6) is 0.190. The van der Waals surface area contributed by atoms with E-state index in [9.17, 15) is 4.57 Å². The average molecular weight is 452 g/mol. The third-order valence-corrected chi connectivity index (χ3v) is 10.8. The monoisotopic (exact) mass is 451 g/mol. The van der Waals surface area contributed by atoms with Gasteiger partial charge in [-0.1, -0.05) is 23.2 Å². The van der Waals surface area contributed by atoms with Crippen LogP contribution < -0.4 is 10.0 Å². The summed E-state index contributed by atoms with van der Waals surface area (Å²) in [5.41, 5.74) is 0.552. The molecule has 1 heterocycles. The number of nitrogens with zero attached hydrogens (tertiary/aromatic N) is 1. The highest BCUT2D eigenvalue weighted by molar-refractivity contribution is 7.65. The van der Waals surface area contributed by atoms with Gasteiger partial charge in [0.2, 0.25) is 5.88 Å². The first-order valence-electron chi connectivity index (χ1n) is 8.10. The van der Waals surface area contributed by atoms with E-state index >= 15 is 0 Å². The Morgan fingerprint density at radius 1 is 0.962 bits per heavy atom. The molecule has 0 bridgehead atoms. The van der Waals surface area contributed by atoms with Crippen molar-refractivity contribution in [2.45, 2.75) is 39.3 Å². The zero-order chi connectivity index (χ0) is 19.9. The topological polar surface area (TPSA) is 57.7 Å². The number of pyridine rings is 1. The second-order valence-corrected chi connectivity index (χ2v) is 20.1. The number of ether oxygens (including phenoxy) is 1. The largest absolute Gasteiger partial charge is 0.480 e. The molecule has 0 aliphatic rings. The van der Waals surface area contributed by atoms with Crippen LogP contribution in [0.3, 0.4) is 0 Å². The summed E-state index contributed by atoms with van der Waals surface area (Å²) < 4.78 is 31.4. The van der Waals surface area contributed by atoms with E-state index in [-0.39, 0.29) is 5.88 Å². The highest BCUT2D eigenvalue weighted by atomic mass is 35.5. The third-order valence-electron chi connectivity index (χ3n) is 3.07. The number of methoxy groups -OCH3 is 1. The van der Waals surface area contributed by atoms with Gasteiger partial charge in [0.1, 0.15) is 5.30 Å². The maximum atomic E-state index is 13.9. The Kier molecular flexibility index (Phi) is 6.35. The van der Waals surface area contributed by atoms with Crippen molar-refractivity contribution >= 4 is 63.6 Å². The Labute approximate surface area is 166 Å². The minimum Gasteiger partial charge on any atom is -0.480 e. The lowest BCUT2D eigenvalue weighted by Gasteiger charge is -2.31. The van der Waals surface area contributed by atoms with Crippen LogP contribution in [0.25, 0.3) is 10.9 Å². The summed E-state index contributed by atoms with van der Waals surface area (Å²) in [7, 11) is -6.60. The van der Waals surface area contributed by atoms with Gasteiger partial charge >= 0.3 is 7.60 Å². The van der Waals surface area contributed by atoms with E-state index in [0.29, 0.717) is 26.3 Å². The Morgan fingerprint density at radius 3 is 1.96 bits per heavy atom. The van der Waals surface area contributed by atoms with Crippen molar-refractivity contribution in [3.05, 3.63) is 28.2 Å². The summed E-state index contributed by atoms with van der Waals surface area (Å²) in [6.07, 6.45) is 0. The molecule has 0 saturated carbocycles. The van der Waals surface area contributed by atoms with E-state index in [0.717, 1.165) is 0 Å². The molecule has 0 spiro atoms. The van der Waals surface area contributed by atoms with Crippen LogP contribution in [-0.2, 0) is 13.0 Å². The van der Waals surface area contributed by atoms with Crippen LogP contribution in [0.1, 0.15) is 0 Å². The minimum atomic E-state index is -3.66. The highest BCUT2D eigenvalue weighted by Crippen LogP contribution is 2.54. The number of rotatable bonds is 6. The van der Waals surface area contributed by atoms with Gasteiger partial charge in [0.25, 0.3) is 0 Å². The summed E-state index contributed by atoms with van der Waals surface area (Å²) in [6.45, 7) is 11.8. The lowest BCUT2D eigenvalue weighted by molar-refractivity contribution is 0.383. The van der Waals surface area contributed by atoms with Gasteiger partial charge in [-0.2, -0.15) is 0 Å². The molecule has 5 nitrogen and oxygen atoms in total. The fraction of sp³-hybridized carbons (Fsp3) is 0.438. The SMILES string of the molecule is COc1nc2cc(Cl)cc(Cl)c2cc1P(=O)(O[Si](C)(C)C)O[Si](C)(C)C. The highest BCUT2D eigenvalue weighted by Gasteiger charge is 2.41. The summed E-state index contributed by atoms with van der Waals surface area (Å²) in [4.78, 5) is 4.45. The first-order chi connectivity index (χ1) is 11.7. The molecule has 0 radical (unpaired) electrons. The molecule has 2 aromatic rings. The van der Waals surface area contributed by atoms with Crippen molar-refractivity contribution in [1.29, 1.82) is 0 Å². The van der Waals surface area contributed by atoms with Crippen LogP contribution in [-0.4, -0.2) is 28.7 Å². The molecular weight excluding hydrogens is 428 g/mol. The fourth-order valence-electron chi connectivity index (χ4n) is 2.36. The second-order valence-electron chi connectivity index (χ2n) is 7.88. The van der Waals surface area contributed by atoms with Crippen LogP contribution in [0.15, 0.2) is 18.2 Å². The lowest BCUT2D eigenvalue weighted by atomic mass is 10.2. The molecule has 1 aromatic carbocycles. The molecule has 10 heteroatoms. The second kappa shape index (κ2) is 7.55. The zero-order valence-electron chi connectivity index (χ0n) is 16.0. The van der Waals surface area contributed by atoms with Crippen molar-refractivity contribution in [3.8, 4) is 5.88 Å². The van der Waals surface area contributed by atoms with E-state index in [2.05, 4.69) is 4.98 Å². The Hall–Kier alpha value is -0.406. The molecule has 1 aromatic heterocycles. The first kappa shape index (κ1) is 21.9. The maximum Gasteiger partial charge on any atom is 0.347 e. The van der Waals surface area contributed by atoms with Gasteiger partial charge in [-0.15, -0.1) is 0 Å². The molecule has 26 heavy (non-hydrogen) atoms. The molecule has 0 unspecified atom stereocenters. The van der Waals surface area contributed by atoms with E-state index in [1.54, 1.807) is 18.2 Å². The fourth-order valence-corrected chi connectivity index (χ4v) is 10.6. The Morgan fingerprint density at radius 2 is 1.50 bits per heavy atom. The first-order valence-corrected chi connectivity index (χ1v) is 17.2. The number of hydrogen-bond donors (Lipinski definition) is 0. The summed E-state index contributed by atoms with van der Waals surface area (Å²) >= 11 is 12.4. The number of fused-ring (bicyclic) bond motifs is 1. The number of benzene rings is 1. The predicted octanol–water partition coefficient (Wildman–Crippen LogP) is 6.07. The van der Waals surface area contributed by atoms with Crippen LogP contribution >= 0.6 is 30.8 Å². The number of hydrogen-bond acceptors (Lipinski definition) is 5. The predicted molar refractivity (Wildman–Crippen MR) is 114 cm³/mol. The molecule has 144 valence electrons.